The molecule has 1 saturated heterocycles. The third-order valence-electron chi connectivity index (χ3n) is 1.83. The van der Waals surface area contributed by atoms with Crippen molar-refractivity contribution in [2.45, 2.75) is 36.6 Å². The monoisotopic (exact) mass is 268 g/mol. The Hall–Kier alpha value is 0.129. The minimum absolute atomic E-state index is 0.0915. The fourth-order valence-electron chi connectivity index (χ4n) is 1.24. The fourth-order valence-corrected chi connectivity index (χ4v) is 5.23. The molecule has 0 aliphatic carbocycles. The van der Waals surface area contributed by atoms with E-state index in [0.717, 1.165) is 0 Å². The van der Waals surface area contributed by atoms with Crippen molar-refractivity contribution in [2.75, 3.05) is 0 Å². The van der Waals surface area contributed by atoms with Gasteiger partial charge in [0.15, 0.2) is 0 Å². The molecule has 4 nitrogen and oxygen atoms in total. The molecule has 0 aromatic carbocycles. The third-order valence-corrected chi connectivity index (χ3v) is 4.95. The molecule has 0 amide bonds. The van der Waals surface area contributed by atoms with E-state index in [-0.39, 0.29) is 20.1 Å². The van der Waals surface area contributed by atoms with Crippen LogP contribution in [0.3, 0.4) is 0 Å². The number of nitrogens with zero attached hydrogens (tertiary/aromatic N) is 2. The predicted molar refractivity (Wildman–Crippen MR) is 51.6 cm³/mol. The summed E-state index contributed by atoms with van der Waals surface area (Å²) in [5.41, 5.74) is 0. The zero-order valence-corrected chi connectivity index (χ0v) is 10.6. The molecule has 1 aliphatic heterocycles. The fraction of sp³-hybridized carbons (Fsp3) is 0.857. The molecule has 0 saturated carbocycles. The van der Waals surface area contributed by atoms with E-state index in [2.05, 4.69) is 0 Å². The topological polar surface area (TPSA) is 46.3 Å². The molecule has 0 N–H and O–H groups in total. The van der Waals surface area contributed by atoms with Crippen molar-refractivity contribution < 1.29 is 10.4 Å². The molecule has 0 aromatic heterocycles. The summed E-state index contributed by atoms with van der Waals surface area (Å²) in [4.78, 5) is 0. The second-order valence-electron chi connectivity index (χ2n) is 3.87. The van der Waals surface area contributed by atoms with Crippen molar-refractivity contribution >= 4 is 32.3 Å². The van der Waals surface area contributed by atoms with E-state index in [9.17, 15) is 10.4 Å². The summed E-state index contributed by atoms with van der Waals surface area (Å²) < 4.78 is -1.04. The Labute approximate surface area is 89.6 Å². The maximum absolute atomic E-state index is 11.5. The van der Waals surface area contributed by atoms with Crippen molar-refractivity contribution in [1.82, 2.24) is 10.1 Å². The summed E-state index contributed by atoms with van der Waals surface area (Å²) >= 11 is 4.69. The third kappa shape index (κ3) is 1.82. The van der Waals surface area contributed by atoms with Gasteiger partial charge in [-0.1, -0.05) is 0 Å². The molecule has 1 aliphatic rings. The first-order valence-electron chi connectivity index (χ1n) is 3.87. The molecule has 0 bridgehead atoms. The number of hydroxylamine groups is 4. The van der Waals surface area contributed by atoms with Gasteiger partial charge in [0.25, 0.3) is 0 Å². The second kappa shape index (κ2) is 3.07. The number of rotatable bonds is 0. The summed E-state index contributed by atoms with van der Waals surface area (Å²) in [6.45, 7) is 7.28. The van der Waals surface area contributed by atoms with E-state index in [1.165, 1.54) is 0 Å². The first-order chi connectivity index (χ1) is 5.68. The van der Waals surface area contributed by atoms with Gasteiger partial charge in [-0.3, -0.25) is 0 Å². The van der Waals surface area contributed by atoms with E-state index in [1.54, 1.807) is 0 Å². The maximum atomic E-state index is 11.5. The van der Waals surface area contributed by atoms with E-state index in [0.29, 0.717) is 10.1 Å². The van der Waals surface area contributed by atoms with Gasteiger partial charge in [0.2, 0.25) is 0 Å². The van der Waals surface area contributed by atoms with Crippen LogP contribution in [0, 0.1) is 0 Å². The Morgan fingerprint density at radius 1 is 1.08 bits per heavy atom. The van der Waals surface area contributed by atoms with Gasteiger partial charge in [-0.25, -0.2) is 0 Å². The molecule has 74 valence electrons. The van der Waals surface area contributed by atoms with E-state index in [4.69, 9.17) is 12.2 Å². The van der Waals surface area contributed by atoms with Crippen LogP contribution >= 0.6 is 12.2 Å². The molecule has 0 aromatic rings. The molecule has 0 atom stereocenters. The number of hydrogen-bond acceptors (Lipinski definition) is 1. The summed E-state index contributed by atoms with van der Waals surface area (Å²) in [5.74, 6) is 0. The zero-order valence-electron chi connectivity index (χ0n) is 8.03. The number of hydrogen-bond donors (Lipinski definition) is 0. The molecule has 0 spiro atoms. The molecular formula is C7H12N2O2SSe. The Morgan fingerprint density at radius 3 is 1.69 bits per heavy atom. The SMILES string of the molecule is CC1(C)[Se]C(C)(C)N([O])C(=S)N1[O]. The molecule has 6 heteroatoms. The van der Waals surface area contributed by atoms with Crippen LogP contribution in [-0.2, 0) is 10.4 Å². The summed E-state index contributed by atoms with van der Waals surface area (Å²) in [5, 5.41) is 24.1. The quantitative estimate of drug-likeness (QED) is 0.481. The Balaban J connectivity index is 3.00. The molecular weight excluding hydrogens is 255 g/mol. The van der Waals surface area contributed by atoms with E-state index >= 15 is 0 Å². The van der Waals surface area contributed by atoms with E-state index in [1.807, 2.05) is 27.7 Å². The van der Waals surface area contributed by atoms with Crippen molar-refractivity contribution in [1.29, 1.82) is 0 Å². The Bertz CT molecular complexity index is 223. The summed E-state index contributed by atoms with van der Waals surface area (Å²) in [6.07, 6.45) is 0. The number of thiocarbonyl (C=S) groups is 1. The predicted octanol–water partition coefficient (Wildman–Crippen LogP) is 0.756. The van der Waals surface area contributed by atoms with Gasteiger partial charge in [-0.2, -0.15) is 0 Å². The van der Waals surface area contributed by atoms with Gasteiger partial charge in [0, 0.05) is 0 Å². The average molecular weight is 267 g/mol. The zero-order chi connectivity index (χ0) is 10.4. The first kappa shape index (κ1) is 11.2. The molecule has 0 unspecified atom stereocenters. The van der Waals surface area contributed by atoms with Crippen LogP contribution in [0.1, 0.15) is 27.7 Å². The summed E-state index contributed by atoms with van der Waals surface area (Å²) in [7, 11) is 0. The van der Waals surface area contributed by atoms with Crippen LogP contribution in [0.15, 0.2) is 0 Å². The van der Waals surface area contributed by atoms with Gasteiger partial charge >= 0.3 is 89.4 Å². The van der Waals surface area contributed by atoms with Crippen LogP contribution < -0.4 is 0 Å². The average Bonchev–Trinajstić information content (AvgIpc) is 1.96. The van der Waals surface area contributed by atoms with Gasteiger partial charge in [-0.05, 0) is 0 Å². The Kier molecular flexibility index (Phi) is 2.64. The molecule has 1 rings (SSSR count). The van der Waals surface area contributed by atoms with Crippen molar-refractivity contribution in [3.63, 3.8) is 0 Å². The Morgan fingerprint density at radius 2 is 1.38 bits per heavy atom. The standard InChI is InChI=1S/C7H12N2O2SSe/c1-6(2)8(10)5(12)9(11)7(3,4)13-6/h1-4H3. The molecule has 2 radical (unpaired) electrons. The van der Waals surface area contributed by atoms with Crippen LogP contribution in [-0.4, -0.2) is 39.1 Å². The molecule has 1 fully saturated rings. The van der Waals surface area contributed by atoms with Crippen molar-refractivity contribution in [3.05, 3.63) is 0 Å². The van der Waals surface area contributed by atoms with Crippen LogP contribution in [0.5, 0.6) is 0 Å². The van der Waals surface area contributed by atoms with Gasteiger partial charge in [0.1, 0.15) is 0 Å². The van der Waals surface area contributed by atoms with Crippen molar-refractivity contribution in [2.24, 2.45) is 0 Å². The van der Waals surface area contributed by atoms with Crippen molar-refractivity contribution in [3.8, 4) is 0 Å². The normalized spacial score (nSPS) is 26.5. The van der Waals surface area contributed by atoms with Gasteiger partial charge in [0.05, 0.1) is 0 Å². The van der Waals surface area contributed by atoms with Gasteiger partial charge < -0.3 is 0 Å². The van der Waals surface area contributed by atoms with E-state index < -0.39 is 8.87 Å². The first-order valence-corrected chi connectivity index (χ1v) is 5.99. The van der Waals surface area contributed by atoms with Crippen LogP contribution in [0.2, 0.25) is 0 Å². The van der Waals surface area contributed by atoms with Crippen LogP contribution in [0.25, 0.3) is 0 Å². The summed E-state index contributed by atoms with van der Waals surface area (Å²) in [6, 6.07) is 0. The van der Waals surface area contributed by atoms with Crippen LogP contribution in [0.4, 0.5) is 0 Å². The molecule has 1 heterocycles. The van der Waals surface area contributed by atoms with Gasteiger partial charge in [-0.15, -0.1) is 0 Å². The molecule has 13 heavy (non-hydrogen) atoms. The second-order valence-corrected chi connectivity index (χ2v) is 8.85. The minimum atomic E-state index is -0.519.